The van der Waals surface area contributed by atoms with Gasteiger partial charge in [0.25, 0.3) is 0 Å². The maximum absolute atomic E-state index is 5.89. The molecular weight excluding hydrogens is 274 g/mol. The van der Waals surface area contributed by atoms with E-state index in [0.29, 0.717) is 11.1 Å². The van der Waals surface area contributed by atoms with E-state index >= 15 is 0 Å². The van der Waals surface area contributed by atoms with Crippen molar-refractivity contribution in [2.45, 2.75) is 27.2 Å². The number of pyridine rings is 1. The zero-order valence-electron chi connectivity index (χ0n) is 11.7. The minimum absolute atomic E-state index is 0.121. The predicted octanol–water partition coefficient (Wildman–Crippen LogP) is 4.26. The summed E-state index contributed by atoms with van der Waals surface area (Å²) in [5, 5.41) is 0.361. The van der Waals surface area contributed by atoms with Crippen LogP contribution >= 0.6 is 11.6 Å². The van der Waals surface area contributed by atoms with Crippen LogP contribution in [0, 0.1) is 5.41 Å². The number of fused-ring (bicyclic) bond motifs is 1. The molecule has 0 N–H and O–H groups in total. The second kappa shape index (κ2) is 4.63. The van der Waals surface area contributed by atoms with Gasteiger partial charge < -0.3 is 4.42 Å². The second-order valence-corrected chi connectivity index (χ2v) is 6.40. The van der Waals surface area contributed by atoms with Crippen molar-refractivity contribution in [3.8, 4) is 5.88 Å². The molecule has 3 heterocycles. The van der Waals surface area contributed by atoms with Gasteiger partial charge in [0.2, 0.25) is 5.88 Å². The molecule has 0 unspecified atom stereocenters. The van der Waals surface area contributed by atoms with Crippen molar-refractivity contribution in [1.29, 1.82) is 0 Å². The van der Waals surface area contributed by atoms with E-state index in [0.717, 1.165) is 23.4 Å². The number of aromatic nitrogens is 3. The number of hydrogen-bond acceptors (Lipinski definition) is 3. The van der Waals surface area contributed by atoms with Crippen molar-refractivity contribution in [1.82, 2.24) is 14.5 Å². The molecule has 0 saturated heterocycles. The van der Waals surface area contributed by atoms with E-state index in [1.165, 1.54) is 0 Å². The number of halogens is 1. The lowest BCUT2D eigenvalue weighted by Gasteiger charge is -2.17. The van der Waals surface area contributed by atoms with Crippen LogP contribution in [0.25, 0.3) is 17.0 Å². The van der Waals surface area contributed by atoms with Crippen LogP contribution in [0.2, 0.25) is 5.22 Å². The highest BCUT2D eigenvalue weighted by atomic mass is 35.5. The molecule has 0 spiro atoms. The summed E-state index contributed by atoms with van der Waals surface area (Å²) in [5.74, 6) is 1.58. The molecule has 0 fully saturated rings. The van der Waals surface area contributed by atoms with Gasteiger partial charge in [-0.1, -0.05) is 20.8 Å². The zero-order chi connectivity index (χ0) is 14.3. The van der Waals surface area contributed by atoms with Gasteiger partial charge in [0.05, 0.1) is 0 Å². The Kier molecular flexibility index (Phi) is 3.05. The van der Waals surface area contributed by atoms with Crippen LogP contribution in [-0.4, -0.2) is 14.5 Å². The summed E-state index contributed by atoms with van der Waals surface area (Å²) in [6, 6.07) is 7.40. The number of nitrogens with zero attached hydrogens (tertiary/aromatic N) is 3. The Hall–Kier alpha value is -1.81. The van der Waals surface area contributed by atoms with Crippen LogP contribution in [0.4, 0.5) is 0 Å². The summed E-state index contributed by atoms with van der Waals surface area (Å²) in [6.07, 6.45) is 2.58. The molecule has 3 aromatic rings. The molecule has 0 amide bonds. The first-order valence-corrected chi connectivity index (χ1v) is 6.90. The third-order valence-corrected chi connectivity index (χ3v) is 3.16. The molecule has 3 rings (SSSR count). The van der Waals surface area contributed by atoms with Crippen molar-refractivity contribution in [2.75, 3.05) is 0 Å². The Morgan fingerprint density at radius 2 is 2.05 bits per heavy atom. The minimum Gasteiger partial charge on any atom is -0.428 e. The third-order valence-electron chi connectivity index (χ3n) is 2.95. The monoisotopic (exact) mass is 289 g/mol. The fraction of sp³-hybridized carbons (Fsp3) is 0.333. The first-order valence-electron chi connectivity index (χ1n) is 6.52. The Labute approximate surface area is 122 Å². The summed E-state index contributed by atoms with van der Waals surface area (Å²) < 4.78 is 7.48. The summed E-state index contributed by atoms with van der Waals surface area (Å²) in [6.45, 7) is 6.54. The molecule has 0 bridgehead atoms. The van der Waals surface area contributed by atoms with Gasteiger partial charge in [-0.15, -0.1) is 0 Å². The topological polar surface area (TPSA) is 43.9 Å². The third kappa shape index (κ3) is 2.43. The number of imidazole rings is 1. The summed E-state index contributed by atoms with van der Waals surface area (Å²) in [4.78, 5) is 9.10. The van der Waals surface area contributed by atoms with Crippen molar-refractivity contribution in [3.05, 3.63) is 41.5 Å². The molecular formula is C15H16ClN3O. The lowest BCUT2D eigenvalue weighted by atomic mass is 9.92. The molecule has 104 valence electrons. The maximum atomic E-state index is 5.89. The molecule has 4 nitrogen and oxygen atoms in total. The fourth-order valence-electron chi connectivity index (χ4n) is 2.21. The van der Waals surface area contributed by atoms with E-state index in [9.17, 15) is 0 Å². The van der Waals surface area contributed by atoms with Gasteiger partial charge in [-0.2, -0.15) is 0 Å². The average Bonchev–Trinajstić information content (AvgIpc) is 2.90. The van der Waals surface area contributed by atoms with Crippen LogP contribution in [0.5, 0.6) is 0 Å². The highest BCUT2D eigenvalue weighted by Crippen LogP contribution is 2.27. The Bertz CT molecular complexity index is 752. The van der Waals surface area contributed by atoms with Gasteiger partial charge >= 0.3 is 0 Å². The van der Waals surface area contributed by atoms with Crippen molar-refractivity contribution in [2.24, 2.45) is 5.41 Å². The van der Waals surface area contributed by atoms with Gasteiger partial charge in [0.1, 0.15) is 11.3 Å². The summed E-state index contributed by atoms with van der Waals surface area (Å²) in [7, 11) is 0. The van der Waals surface area contributed by atoms with Crippen LogP contribution in [0.3, 0.4) is 0 Å². The average molecular weight is 290 g/mol. The van der Waals surface area contributed by atoms with Crippen LogP contribution in [0.1, 0.15) is 26.6 Å². The van der Waals surface area contributed by atoms with Crippen LogP contribution in [-0.2, 0) is 6.42 Å². The molecule has 0 radical (unpaired) electrons. The molecule has 0 aliphatic carbocycles. The molecule has 0 aliphatic rings. The van der Waals surface area contributed by atoms with Gasteiger partial charge in [-0.3, -0.25) is 0 Å². The summed E-state index contributed by atoms with van der Waals surface area (Å²) >= 11 is 5.89. The predicted molar refractivity (Wildman–Crippen MR) is 79.3 cm³/mol. The highest BCUT2D eigenvalue weighted by Gasteiger charge is 2.21. The minimum atomic E-state index is 0.121. The molecule has 0 aromatic carbocycles. The fourth-order valence-corrected chi connectivity index (χ4v) is 2.35. The second-order valence-electron chi connectivity index (χ2n) is 6.02. The standard InChI is InChI=1S/C15H16ClN3O/c1-15(2,3)9-12-18-10-5-4-8-17-14(10)19(12)13-7-6-11(16)20-13/h4-8H,9H2,1-3H3. The molecule has 3 aromatic heterocycles. The van der Waals surface area contributed by atoms with E-state index in [1.807, 2.05) is 22.8 Å². The lowest BCUT2D eigenvalue weighted by molar-refractivity contribution is 0.395. The smallest absolute Gasteiger partial charge is 0.208 e. The van der Waals surface area contributed by atoms with Crippen LogP contribution < -0.4 is 0 Å². The highest BCUT2D eigenvalue weighted by molar-refractivity contribution is 6.28. The van der Waals surface area contributed by atoms with Gasteiger partial charge in [0, 0.05) is 18.7 Å². The van der Waals surface area contributed by atoms with E-state index in [4.69, 9.17) is 16.0 Å². The van der Waals surface area contributed by atoms with Crippen molar-refractivity contribution in [3.63, 3.8) is 0 Å². The van der Waals surface area contributed by atoms with Gasteiger partial charge in [-0.05, 0) is 35.2 Å². The Balaban J connectivity index is 2.23. The van der Waals surface area contributed by atoms with E-state index < -0.39 is 0 Å². The number of hydrogen-bond donors (Lipinski definition) is 0. The molecule has 5 heteroatoms. The maximum Gasteiger partial charge on any atom is 0.208 e. The molecule has 0 aliphatic heterocycles. The van der Waals surface area contributed by atoms with E-state index in [-0.39, 0.29) is 5.41 Å². The van der Waals surface area contributed by atoms with Crippen LogP contribution in [0.15, 0.2) is 34.9 Å². The molecule has 20 heavy (non-hydrogen) atoms. The largest absolute Gasteiger partial charge is 0.428 e. The van der Waals surface area contributed by atoms with E-state index in [2.05, 4.69) is 30.7 Å². The summed E-state index contributed by atoms with van der Waals surface area (Å²) in [5.41, 5.74) is 1.77. The van der Waals surface area contributed by atoms with Crippen molar-refractivity contribution < 1.29 is 4.42 Å². The first kappa shape index (κ1) is 13.2. The SMILES string of the molecule is CC(C)(C)Cc1nc2cccnc2n1-c1ccc(Cl)o1. The Morgan fingerprint density at radius 1 is 1.25 bits per heavy atom. The number of furan rings is 1. The zero-order valence-corrected chi connectivity index (χ0v) is 12.5. The van der Waals surface area contributed by atoms with Gasteiger partial charge in [0.15, 0.2) is 10.9 Å². The molecule has 0 atom stereocenters. The number of rotatable bonds is 2. The normalized spacial score (nSPS) is 12.2. The quantitative estimate of drug-likeness (QED) is 0.708. The molecule has 0 saturated carbocycles. The van der Waals surface area contributed by atoms with Gasteiger partial charge in [-0.25, -0.2) is 14.5 Å². The van der Waals surface area contributed by atoms with E-state index in [1.54, 1.807) is 12.3 Å². The Morgan fingerprint density at radius 3 is 2.70 bits per heavy atom. The lowest BCUT2D eigenvalue weighted by Crippen LogP contribution is -2.13. The first-order chi connectivity index (χ1) is 9.44. The van der Waals surface area contributed by atoms with Crippen molar-refractivity contribution >= 4 is 22.8 Å².